The molecule has 1 rings (SSSR count). The van der Waals surface area contributed by atoms with Gasteiger partial charge in [-0.15, -0.1) is 0 Å². The lowest BCUT2D eigenvalue weighted by Gasteiger charge is -2.15. The van der Waals surface area contributed by atoms with Gasteiger partial charge in [-0.25, -0.2) is 0 Å². The lowest BCUT2D eigenvalue weighted by atomic mass is 9.91. The van der Waals surface area contributed by atoms with Crippen LogP contribution in [-0.4, -0.2) is 0 Å². The smallest absolute Gasteiger partial charge is 0.0443 e. The van der Waals surface area contributed by atoms with Crippen LogP contribution in [0.25, 0.3) is 0 Å². The van der Waals surface area contributed by atoms with E-state index in [1.54, 1.807) is 0 Å². The molecule has 0 aromatic rings. The summed E-state index contributed by atoms with van der Waals surface area (Å²) in [5.41, 5.74) is 0. The lowest BCUT2D eigenvalue weighted by molar-refractivity contribution is 0.385. The summed E-state index contributed by atoms with van der Waals surface area (Å²) < 4.78 is 0. The van der Waals surface area contributed by atoms with Crippen molar-refractivity contribution in [3.8, 4) is 0 Å². The Morgan fingerprint density at radius 2 is 1.24 bits per heavy atom. The molecule has 1 saturated carbocycles. The van der Waals surface area contributed by atoms with Crippen molar-refractivity contribution in [1.29, 1.82) is 0 Å². The van der Waals surface area contributed by atoms with Crippen LogP contribution in [-0.2, 0) is 0 Å². The zero-order valence-electron chi connectivity index (χ0n) is 13.1. The van der Waals surface area contributed by atoms with Crippen molar-refractivity contribution in [3.05, 3.63) is 0 Å². The third kappa shape index (κ3) is 10.9. The summed E-state index contributed by atoms with van der Waals surface area (Å²) in [6, 6.07) is 0. The summed E-state index contributed by atoms with van der Waals surface area (Å²) >= 11 is 0. The Morgan fingerprint density at radius 3 is 1.47 bits per heavy atom. The summed E-state index contributed by atoms with van der Waals surface area (Å²) in [5.74, 6) is 2.91. The summed E-state index contributed by atoms with van der Waals surface area (Å²) in [4.78, 5) is 0. The van der Waals surface area contributed by atoms with E-state index in [0.717, 1.165) is 17.8 Å². The second kappa shape index (κ2) is 11.1. The van der Waals surface area contributed by atoms with Crippen molar-refractivity contribution in [3.63, 3.8) is 0 Å². The number of hydrogen-bond donors (Lipinski definition) is 0. The van der Waals surface area contributed by atoms with Gasteiger partial charge in [0.05, 0.1) is 0 Å². The third-order valence-corrected chi connectivity index (χ3v) is 4.44. The molecule has 2 atom stereocenters. The van der Waals surface area contributed by atoms with Gasteiger partial charge in [0.15, 0.2) is 0 Å². The molecule has 17 heavy (non-hydrogen) atoms. The normalized spacial score (nSPS) is 20.3. The SMILES string of the molecule is CC1CCCCC1.CCC(C)CCC(C)CC. The second-order valence-corrected chi connectivity index (χ2v) is 6.35. The molecule has 1 aliphatic carbocycles. The quantitative estimate of drug-likeness (QED) is 0.518. The van der Waals surface area contributed by atoms with Crippen LogP contribution in [0.1, 0.15) is 92.4 Å². The predicted molar refractivity (Wildman–Crippen MR) is 80.4 cm³/mol. The third-order valence-electron chi connectivity index (χ3n) is 4.44. The van der Waals surface area contributed by atoms with Crippen LogP contribution < -0.4 is 0 Å². The standard InChI is InChI=1S/C10H22.C7H14/c1-5-9(3)7-8-10(4)6-2;1-7-5-3-2-4-6-7/h9-10H,5-8H2,1-4H3;7H,2-6H2,1H3. The molecule has 0 aromatic heterocycles. The maximum Gasteiger partial charge on any atom is -0.0443 e. The van der Waals surface area contributed by atoms with Crippen molar-refractivity contribution < 1.29 is 0 Å². The highest BCUT2D eigenvalue weighted by Gasteiger charge is 2.06. The van der Waals surface area contributed by atoms with Gasteiger partial charge in [0, 0.05) is 0 Å². The maximum absolute atomic E-state index is 2.36. The van der Waals surface area contributed by atoms with Gasteiger partial charge in [-0.3, -0.25) is 0 Å². The van der Waals surface area contributed by atoms with E-state index in [0.29, 0.717) is 0 Å². The van der Waals surface area contributed by atoms with Crippen molar-refractivity contribution in [2.75, 3.05) is 0 Å². The predicted octanol–water partition coefficient (Wildman–Crippen LogP) is 6.45. The largest absolute Gasteiger partial charge is 0.0651 e. The Kier molecular flexibility index (Phi) is 11.1. The van der Waals surface area contributed by atoms with Crippen LogP contribution >= 0.6 is 0 Å². The van der Waals surface area contributed by atoms with Crippen LogP contribution in [0.3, 0.4) is 0 Å². The molecule has 0 aromatic carbocycles. The molecule has 1 aliphatic rings. The Bertz CT molecular complexity index is 134. The Hall–Kier alpha value is 0. The molecule has 0 radical (unpaired) electrons. The van der Waals surface area contributed by atoms with Gasteiger partial charge in [0.25, 0.3) is 0 Å². The minimum absolute atomic E-state index is 0.939. The van der Waals surface area contributed by atoms with E-state index in [4.69, 9.17) is 0 Å². The molecule has 104 valence electrons. The molecular weight excluding hydrogens is 204 g/mol. The minimum atomic E-state index is 0.939. The first-order chi connectivity index (χ1) is 8.10. The highest BCUT2D eigenvalue weighted by atomic mass is 14.1. The lowest BCUT2D eigenvalue weighted by Crippen LogP contribution is -1.99. The summed E-state index contributed by atoms with van der Waals surface area (Å²) in [6.07, 6.45) is 13.0. The highest BCUT2D eigenvalue weighted by molar-refractivity contribution is 4.59. The van der Waals surface area contributed by atoms with E-state index in [2.05, 4.69) is 34.6 Å². The molecular formula is C17H36. The fourth-order valence-corrected chi connectivity index (χ4v) is 2.28. The van der Waals surface area contributed by atoms with Gasteiger partial charge in [0.2, 0.25) is 0 Å². The fourth-order valence-electron chi connectivity index (χ4n) is 2.28. The molecule has 0 aliphatic heterocycles. The zero-order valence-corrected chi connectivity index (χ0v) is 13.1. The van der Waals surface area contributed by atoms with Gasteiger partial charge in [-0.2, -0.15) is 0 Å². The molecule has 0 bridgehead atoms. The highest BCUT2D eigenvalue weighted by Crippen LogP contribution is 2.22. The monoisotopic (exact) mass is 240 g/mol. The number of hydrogen-bond acceptors (Lipinski definition) is 0. The second-order valence-electron chi connectivity index (χ2n) is 6.35. The molecule has 0 nitrogen and oxygen atoms in total. The summed E-state index contributed by atoms with van der Waals surface area (Å²) in [5, 5.41) is 0. The van der Waals surface area contributed by atoms with Gasteiger partial charge >= 0.3 is 0 Å². The van der Waals surface area contributed by atoms with Gasteiger partial charge < -0.3 is 0 Å². The zero-order chi connectivity index (χ0) is 13.1. The van der Waals surface area contributed by atoms with Crippen LogP contribution in [0.2, 0.25) is 0 Å². The molecule has 0 N–H and O–H groups in total. The molecule has 1 fully saturated rings. The van der Waals surface area contributed by atoms with E-state index >= 15 is 0 Å². The Balaban J connectivity index is 0.000000318. The van der Waals surface area contributed by atoms with E-state index in [1.165, 1.54) is 57.8 Å². The fraction of sp³-hybridized carbons (Fsp3) is 1.00. The average Bonchev–Trinajstić information content (AvgIpc) is 2.37. The first kappa shape index (κ1) is 17.0. The minimum Gasteiger partial charge on any atom is -0.0651 e. The summed E-state index contributed by atoms with van der Waals surface area (Å²) in [7, 11) is 0. The molecule has 0 spiro atoms. The molecule has 0 heterocycles. The summed E-state index contributed by atoms with van der Waals surface area (Å²) in [6.45, 7) is 11.6. The first-order valence-electron chi connectivity index (χ1n) is 8.10. The van der Waals surface area contributed by atoms with E-state index < -0.39 is 0 Å². The van der Waals surface area contributed by atoms with E-state index in [9.17, 15) is 0 Å². The van der Waals surface area contributed by atoms with Crippen LogP contribution in [0, 0.1) is 17.8 Å². The Labute approximate surface area is 111 Å². The first-order valence-corrected chi connectivity index (χ1v) is 8.10. The Morgan fingerprint density at radius 1 is 0.824 bits per heavy atom. The topological polar surface area (TPSA) is 0 Å². The van der Waals surface area contributed by atoms with Crippen molar-refractivity contribution >= 4 is 0 Å². The molecule has 2 unspecified atom stereocenters. The van der Waals surface area contributed by atoms with Gasteiger partial charge in [0.1, 0.15) is 0 Å². The van der Waals surface area contributed by atoms with Crippen molar-refractivity contribution in [2.24, 2.45) is 17.8 Å². The molecule has 0 saturated heterocycles. The van der Waals surface area contributed by atoms with Gasteiger partial charge in [-0.05, 0) is 17.8 Å². The van der Waals surface area contributed by atoms with Crippen molar-refractivity contribution in [2.45, 2.75) is 92.4 Å². The molecule has 0 amide bonds. The van der Waals surface area contributed by atoms with Gasteiger partial charge in [-0.1, -0.05) is 92.4 Å². The van der Waals surface area contributed by atoms with Crippen molar-refractivity contribution in [1.82, 2.24) is 0 Å². The maximum atomic E-state index is 2.36. The van der Waals surface area contributed by atoms with Crippen LogP contribution in [0.15, 0.2) is 0 Å². The van der Waals surface area contributed by atoms with E-state index in [-0.39, 0.29) is 0 Å². The van der Waals surface area contributed by atoms with E-state index in [1.807, 2.05) is 0 Å². The number of rotatable bonds is 5. The van der Waals surface area contributed by atoms with Crippen LogP contribution in [0.5, 0.6) is 0 Å². The molecule has 0 heteroatoms. The average molecular weight is 240 g/mol. The van der Waals surface area contributed by atoms with Crippen LogP contribution in [0.4, 0.5) is 0 Å².